The lowest BCUT2D eigenvalue weighted by atomic mass is 9.92. The highest BCUT2D eigenvalue weighted by Gasteiger charge is 2.29. The zero-order valence-electron chi connectivity index (χ0n) is 15.0. The Bertz CT molecular complexity index is 516. The van der Waals surface area contributed by atoms with E-state index in [0.29, 0.717) is 6.54 Å². The molecule has 0 spiro atoms. The van der Waals surface area contributed by atoms with Gasteiger partial charge in [0.1, 0.15) is 5.75 Å². The Morgan fingerprint density at radius 1 is 1.38 bits per heavy atom. The molecule has 0 aromatic heterocycles. The Morgan fingerprint density at radius 2 is 2.08 bits per heavy atom. The van der Waals surface area contributed by atoms with Crippen molar-refractivity contribution >= 4 is 5.91 Å². The van der Waals surface area contributed by atoms with E-state index >= 15 is 0 Å². The molecule has 2 N–H and O–H groups in total. The van der Waals surface area contributed by atoms with Crippen LogP contribution in [0.25, 0.3) is 0 Å². The SMILES string of the molecule is COc1ccc(CCNC(=O)C(C)N2CCCC(C(C)O)C2)cc1. The van der Waals surface area contributed by atoms with Crippen LogP contribution in [-0.2, 0) is 11.2 Å². The molecule has 0 aliphatic carbocycles. The number of hydrogen-bond donors (Lipinski definition) is 2. The highest BCUT2D eigenvalue weighted by Crippen LogP contribution is 2.21. The summed E-state index contributed by atoms with van der Waals surface area (Å²) in [7, 11) is 1.65. The van der Waals surface area contributed by atoms with Gasteiger partial charge in [-0.1, -0.05) is 12.1 Å². The first-order valence-corrected chi connectivity index (χ1v) is 8.84. The van der Waals surface area contributed by atoms with E-state index in [1.54, 1.807) is 7.11 Å². The Kier molecular flexibility index (Phi) is 7.06. The summed E-state index contributed by atoms with van der Waals surface area (Å²) in [5.74, 6) is 1.18. The molecule has 1 aromatic rings. The molecule has 134 valence electrons. The fourth-order valence-corrected chi connectivity index (χ4v) is 3.22. The fraction of sp³-hybridized carbons (Fsp3) is 0.632. The number of nitrogens with one attached hydrogen (secondary N) is 1. The average molecular weight is 334 g/mol. The summed E-state index contributed by atoms with van der Waals surface area (Å²) in [6.07, 6.45) is 2.58. The van der Waals surface area contributed by atoms with Crippen molar-refractivity contribution < 1.29 is 14.6 Å². The maximum atomic E-state index is 12.4. The molecule has 3 unspecified atom stereocenters. The van der Waals surface area contributed by atoms with Gasteiger partial charge in [0.05, 0.1) is 19.3 Å². The van der Waals surface area contributed by atoms with E-state index in [2.05, 4.69) is 10.2 Å². The van der Waals surface area contributed by atoms with Crippen LogP contribution >= 0.6 is 0 Å². The number of methoxy groups -OCH3 is 1. The lowest BCUT2D eigenvalue weighted by Gasteiger charge is -2.37. The first-order valence-electron chi connectivity index (χ1n) is 8.84. The van der Waals surface area contributed by atoms with Crippen LogP contribution in [-0.4, -0.2) is 54.8 Å². The minimum Gasteiger partial charge on any atom is -0.497 e. The second kappa shape index (κ2) is 9.04. The van der Waals surface area contributed by atoms with Gasteiger partial charge in [-0.15, -0.1) is 0 Å². The molecule has 1 aromatic carbocycles. The second-order valence-electron chi connectivity index (χ2n) is 6.70. The molecule has 0 radical (unpaired) electrons. The first kappa shape index (κ1) is 18.7. The van der Waals surface area contributed by atoms with Crippen molar-refractivity contribution in [3.05, 3.63) is 29.8 Å². The molecule has 1 fully saturated rings. The minimum absolute atomic E-state index is 0.0646. The molecule has 2 rings (SSSR count). The Labute approximate surface area is 145 Å². The predicted molar refractivity (Wildman–Crippen MR) is 95.1 cm³/mol. The van der Waals surface area contributed by atoms with Crippen LogP contribution < -0.4 is 10.1 Å². The molecule has 1 aliphatic rings. The summed E-state index contributed by atoms with van der Waals surface area (Å²) < 4.78 is 5.14. The molecular formula is C19H30N2O3. The number of amides is 1. The van der Waals surface area contributed by atoms with Crippen LogP contribution in [0.1, 0.15) is 32.3 Å². The van der Waals surface area contributed by atoms with Gasteiger partial charge in [-0.05, 0) is 63.3 Å². The smallest absolute Gasteiger partial charge is 0.237 e. The third kappa shape index (κ3) is 5.21. The Hall–Kier alpha value is -1.59. The Balaban J connectivity index is 1.76. The monoisotopic (exact) mass is 334 g/mol. The van der Waals surface area contributed by atoms with Crippen LogP contribution in [0.5, 0.6) is 5.75 Å². The topological polar surface area (TPSA) is 61.8 Å². The third-order valence-corrected chi connectivity index (χ3v) is 4.97. The molecule has 0 saturated carbocycles. The minimum atomic E-state index is -0.307. The quantitative estimate of drug-likeness (QED) is 0.799. The van der Waals surface area contributed by atoms with Gasteiger partial charge in [0.15, 0.2) is 0 Å². The lowest BCUT2D eigenvalue weighted by molar-refractivity contribution is -0.126. The number of piperidine rings is 1. The van der Waals surface area contributed by atoms with E-state index in [1.165, 1.54) is 5.56 Å². The Morgan fingerprint density at radius 3 is 2.71 bits per heavy atom. The van der Waals surface area contributed by atoms with Crippen molar-refractivity contribution in [3.63, 3.8) is 0 Å². The van der Waals surface area contributed by atoms with Crippen molar-refractivity contribution in [2.24, 2.45) is 5.92 Å². The van der Waals surface area contributed by atoms with Gasteiger partial charge in [0.25, 0.3) is 0 Å². The maximum Gasteiger partial charge on any atom is 0.237 e. The zero-order valence-corrected chi connectivity index (χ0v) is 15.0. The largest absolute Gasteiger partial charge is 0.497 e. The summed E-state index contributed by atoms with van der Waals surface area (Å²) in [6, 6.07) is 7.76. The number of likely N-dealkylation sites (tertiary alicyclic amines) is 1. The normalized spacial score (nSPS) is 21.1. The highest BCUT2D eigenvalue weighted by atomic mass is 16.5. The average Bonchev–Trinajstić information content (AvgIpc) is 2.61. The van der Waals surface area contributed by atoms with Gasteiger partial charge in [0, 0.05) is 13.1 Å². The molecule has 0 bridgehead atoms. The van der Waals surface area contributed by atoms with Crippen LogP contribution in [0.4, 0.5) is 0 Å². The van der Waals surface area contributed by atoms with E-state index in [-0.39, 0.29) is 24.0 Å². The zero-order chi connectivity index (χ0) is 17.5. The molecule has 5 nitrogen and oxygen atoms in total. The van der Waals surface area contributed by atoms with Crippen LogP contribution in [0.3, 0.4) is 0 Å². The first-order chi connectivity index (χ1) is 11.5. The number of aliphatic hydroxyl groups excluding tert-OH is 1. The van der Waals surface area contributed by atoms with Crippen molar-refractivity contribution in [3.8, 4) is 5.75 Å². The van der Waals surface area contributed by atoms with Crippen LogP contribution in [0.15, 0.2) is 24.3 Å². The van der Waals surface area contributed by atoms with Gasteiger partial charge in [0.2, 0.25) is 5.91 Å². The number of hydrogen-bond acceptors (Lipinski definition) is 4. The van der Waals surface area contributed by atoms with Crippen LogP contribution in [0, 0.1) is 5.92 Å². The summed E-state index contributed by atoms with van der Waals surface area (Å²) in [6.45, 7) is 6.14. The van der Waals surface area contributed by atoms with E-state index < -0.39 is 0 Å². The van der Waals surface area contributed by atoms with Crippen molar-refractivity contribution in [1.82, 2.24) is 10.2 Å². The number of carbonyl (C=O) groups is 1. The number of ether oxygens (including phenoxy) is 1. The van der Waals surface area contributed by atoms with Crippen molar-refractivity contribution in [2.45, 2.75) is 45.3 Å². The van der Waals surface area contributed by atoms with Gasteiger partial charge < -0.3 is 15.2 Å². The number of rotatable bonds is 7. The summed E-state index contributed by atoms with van der Waals surface area (Å²) in [4.78, 5) is 14.6. The maximum absolute atomic E-state index is 12.4. The van der Waals surface area contributed by atoms with Crippen molar-refractivity contribution in [1.29, 1.82) is 0 Å². The molecule has 24 heavy (non-hydrogen) atoms. The fourth-order valence-electron chi connectivity index (χ4n) is 3.22. The summed E-state index contributed by atoms with van der Waals surface area (Å²) >= 11 is 0. The van der Waals surface area contributed by atoms with E-state index in [1.807, 2.05) is 38.1 Å². The van der Waals surface area contributed by atoms with Gasteiger partial charge >= 0.3 is 0 Å². The molecule has 1 amide bonds. The molecule has 1 saturated heterocycles. The predicted octanol–water partition coefficient (Wildman–Crippen LogP) is 1.84. The number of carbonyl (C=O) groups excluding carboxylic acids is 1. The molecule has 1 heterocycles. The lowest BCUT2D eigenvalue weighted by Crippen LogP contribution is -2.50. The number of aliphatic hydroxyl groups is 1. The van der Waals surface area contributed by atoms with Gasteiger partial charge in [-0.2, -0.15) is 0 Å². The van der Waals surface area contributed by atoms with Crippen LogP contribution in [0.2, 0.25) is 0 Å². The summed E-state index contributed by atoms with van der Waals surface area (Å²) in [5.41, 5.74) is 1.18. The highest BCUT2D eigenvalue weighted by molar-refractivity contribution is 5.81. The summed E-state index contributed by atoms with van der Waals surface area (Å²) in [5, 5.41) is 12.8. The van der Waals surface area contributed by atoms with Crippen molar-refractivity contribution in [2.75, 3.05) is 26.7 Å². The third-order valence-electron chi connectivity index (χ3n) is 4.97. The number of benzene rings is 1. The molecular weight excluding hydrogens is 304 g/mol. The van der Waals surface area contributed by atoms with E-state index in [9.17, 15) is 9.90 Å². The standard InChI is InChI=1S/C19H30N2O3/c1-14(21-12-4-5-17(13-21)15(2)22)19(23)20-11-10-16-6-8-18(24-3)9-7-16/h6-9,14-15,17,22H,4-5,10-13H2,1-3H3,(H,20,23). The molecule has 5 heteroatoms. The van der Waals surface area contributed by atoms with E-state index in [4.69, 9.17) is 4.74 Å². The van der Waals surface area contributed by atoms with Gasteiger partial charge in [-0.3, -0.25) is 9.69 Å². The number of nitrogens with zero attached hydrogens (tertiary/aromatic N) is 1. The van der Waals surface area contributed by atoms with Gasteiger partial charge in [-0.25, -0.2) is 0 Å². The second-order valence-corrected chi connectivity index (χ2v) is 6.70. The molecule has 1 aliphatic heterocycles. The van der Waals surface area contributed by atoms with E-state index in [0.717, 1.165) is 38.1 Å². The molecule has 3 atom stereocenters.